The molecule has 1 atom stereocenters. The lowest BCUT2D eigenvalue weighted by atomic mass is 9.49. The molecule has 0 unspecified atom stereocenters. The number of sulfone groups is 1. The van der Waals surface area contributed by atoms with Gasteiger partial charge in [0, 0.05) is 12.1 Å². The Kier molecular flexibility index (Phi) is 4.12. The lowest BCUT2D eigenvalue weighted by Crippen LogP contribution is -2.51. The molecule has 0 aromatic heterocycles. The van der Waals surface area contributed by atoms with Crippen molar-refractivity contribution in [2.24, 2.45) is 23.2 Å². The van der Waals surface area contributed by atoms with Crippen LogP contribution in [0.25, 0.3) is 0 Å². The number of carbonyl (C=O) groups is 2. The van der Waals surface area contributed by atoms with Crippen molar-refractivity contribution in [3.63, 3.8) is 0 Å². The number of hydrogen-bond acceptors (Lipinski definition) is 5. The van der Waals surface area contributed by atoms with Gasteiger partial charge in [-0.25, -0.2) is 8.42 Å². The van der Waals surface area contributed by atoms with Crippen LogP contribution in [0.5, 0.6) is 0 Å². The van der Waals surface area contributed by atoms with E-state index >= 15 is 0 Å². The highest BCUT2D eigenvalue weighted by atomic mass is 32.2. The fourth-order valence-electron chi connectivity index (χ4n) is 6.77. The standard InChI is InChI=1S/C20H29NO5S/c22-18(21(16-1-2-16)17-3-4-27(24,25)12-17)11-26-19(23)20-8-13-5-14(9-20)7-15(6-13)10-20/h13-17H,1-12H2/t13?,14?,15?,17-,20?/m1/s1. The van der Waals surface area contributed by atoms with Crippen LogP contribution in [0.1, 0.15) is 57.8 Å². The zero-order chi connectivity index (χ0) is 18.8. The molecule has 0 aromatic rings. The van der Waals surface area contributed by atoms with E-state index < -0.39 is 9.84 Å². The van der Waals surface area contributed by atoms with E-state index in [4.69, 9.17) is 4.74 Å². The predicted molar refractivity (Wildman–Crippen MR) is 98.5 cm³/mol. The van der Waals surface area contributed by atoms with Gasteiger partial charge in [0.25, 0.3) is 5.91 Å². The van der Waals surface area contributed by atoms with Crippen molar-refractivity contribution in [3.05, 3.63) is 0 Å². The second-order valence-electron chi connectivity index (χ2n) is 9.86. The van der Waals surface area contributed by atoms with E-state index in [1.54, 1.807) is 4.90 Å². The maximum Gasteiger partial charge on any atom is 0.312 e. The van der Waals surface area contributed by atoms with Crippen molar-refractivity contribution < 1.29 is 22.7 Å². The molecule has 0 N–H and O–H groups in total. The first kappa shape index (κ1) is 18.0. The highest BCUT2D eigenvalue weighted by Crippen LogP contribution is 2.60. The van der Waals surface area contributed by atoms with Crippen LogP contribution >= 0.6 is 0 Å². The monoisotopic (exact) mass is 395 g/mol. The van der Waals surface area contributed by atoms with Gasteiger partial charge >= 0.3 is 5.97 Å². The third kappa shape index (κ3) is 3.30. The second-order valence-corrected chi connectivity index (χ2v) is 12.1. The summed E-state index contributed by atoms with van der Waals surface area (Å²) in [5, 5.41) is 0. The first-order chi connectivity index (χ1) is 12.8. The van der Waals surface area contributed by atoms with E-state index in [0.29, 0.717) is 24.2 Å². The summed E-state index contributed by atoms with van der Waals surface area (Å²) < 4.78 is 29.2. The van der Waals surface area contributed by atoms with Crippen LogP contribution in [-0.2, 0) is 24.2 Å². The summed E-state index contributed by atoms with van der Waals surface area (Å²) in [7, 11) is -3.04. The molecule has 0 spiro atoms. The van der Waals surface area contributed by atoms with Gasteiger partial charge in [-0.3, -0.25) is 9.59 Å². The van der Waals surface area contributed by atoms with Crippen molar-refractivity contribution in [1.82, 2.24) is 4.90 Å². The molecule has 4 bridgehead atoms. The normalized spacial score (nSPS) is 41.5. The number of ether oxygens (including phenoxy) is 1. The van der Waals surface area contributed by atoms with Gasteiger partial charge in [0.2, 0.25) is 0 Å². The van der Waals surface area contributed by atoms with Gasteiger partial charge in [-0.2, -0.15) is 0 Å². The summed E-state index contributed by atoms with van der Waals surface area (Å²) in [5.41, 5.74) is -0.351. The molecule has 1 aliphatic heterocycles. The minimum atomic E-state index is -3.04. The number of esters is 1. The van der Waals surface area contributed by atoms with Crippen molar-refractivity contribution in [1.29, 1.82) is 0 Å². The maximum absolute atomic E-state index is 12.9. The molecule has 6 rings (SSSR count). The number of amides is 1. The lowest BCUT2D eigenvalue weighted by Gasteiger charge is -2.55. The van der Waals surface area contributed by atoms with Crippen molar-refractivity contribution in [2.45, 2.75) is 69.9 Å². The molecule has 0 aromatic carbocycles. The van der Waals surface area contributed by atoms with Gasteiger partial charge in [-0.05, 0) is 75.5 Å². The van der Waals surface area contributed by atoms with E-state index in [9.17, 15) is 18.0 Å². The molecule has 6 fully saturated rings. The number of carbonyl (C=O) groups excluding carboxylic acids is 2. The zero-order valence-corrected chi connectivity index (χ0v) is 16.6. The predicted octanol–water partition coefficient (Wildman–Crippen LogP) is 1.92. The third-order valence-electron chi connectivity index (χ3n) is 7.63. The van der Waals surface area contributed by atoms with Crippen LogP contribution in [0, 0.1) is 23.2 Å². The molecule has 1 amide bonds. The van der Waals surface area contributed by atoms with Gasteiger partial charge in [-0.1, -0.05) is 0 Å². The molecule has 1 heterocycles. The fraction of sp³-hybridized carbons (Fsp3) is 0.900. The van der Waals surface area contributed by atoms with Crippen LogP contribution in [-0.4, -0.2) is 55.4 Å². The Morgan fingerprint density at radius 1 is 0.926 bits per heavy atom. The summed E-state index contributed by atoms with van der Waals surface area (Å²) in [5.74, 6) is 1.80. The summed E-state index contributed by atoms with van der Waals surface area (Å²) in [6.45, 7) is -0.229. The Hall–Kier alpha value is -1.11. The average Bonchev–Trinajstić information content (AvgIpc) is 3.35. The average molecular weight is 396 g/mol. The molecule has 27 heavy (non-hydrogen) atoms. The first-order valence-electron chi connectivity index (χ1n) is 10.5. The topological polar surface area (TPSA) is 80.8 Å². The number of rotatable bonds is 5. The number of hydrogen-bond donors (Lipinski definition) is 0. The Morgan fingerprint density at radius 3 is 2.00 bits per heavy atom. The molecule has 7 heteroatoms. The summed E-state index contributed by atoms with van der Waals surface area (Å²) >= 11 is 0. The van der Waals surface area contributed by atoms with Gasteiger partial charge in [0.1, 0.15) is 0 Å². The molecular formula is C20H29NO5S. The summed E-state index contributed by atoms with van der Waals surface area (Å²) in [4.78, 5) is 27.5. The molecule has 150 valence electrons. The third-order valence-corrected chi connectivity index (χ3v) is 9.38. The molecular weight excluding hydrogens is 366 g/mol. The smallest absolute Gasteiger partial charge is 0.312 e. The van der Waals surface area contributed by atoms with Gasteiger partial charge in [0.15, 0.2) is 16.4 Å². The fourth-order valence-corrected chi connectivity index (χ4v) is 8.48. The largest absolute Gasteiger partial charge is 0.455 e. The molecule has 6 aliphatic rings. The van der Waals surface area contributed by atoms with E-state index in [-0.39, 0.29) is 47.5 Å². The van der Waals surface area contributed by atoms with Crippen LogP contribution < -0.4 is 0 Å². The Labute approximate surface area is 160 Å². The Morgan fingerprint density at radius 2 is 1.52 bits per heavy atom. The van der Waals surface area contributed by atoms with Gasteiger partial charge in [-0.15, -0.1) is 0 Å². The van der Waals surface area contributed by atoms with Crippen LogP contribution in [0.3, 0.4) is 0 Å². The number of nitrogens with zero attached hydrogens (tertiary/aromatic N) is 1. The SMILES string of the molecule is O=C(COC(=O)C12CC3CC(CC(C3)C1)C2)N(C1CC1)[C@@H]1CCS(=O)(=O)C1. The minimum Gasteiger partial charge on any atom is -0.455 e. The van der Waals surface area contributed by atoms with E-state index in [2.05, 4.69) is 0 Å². The molecule has 5 aliphatic carbocycles. The van der Waals surface area contributed by atoms with Crippen LogP contribution in [0.15, 0.2) is 0 Å². The quantitative estimate of drug-likeness (QED) is 0.665. The minimum absolute atomic E-state index is 0.0537. The van der Waals surface area contributed by atoms with E-state index in [1.165, 1.54) is 19.3 Å². The Balaban J connectivity index is 1.23. The van der Waals surface area contributed by atoms with E-state index in [1.807, 2.05) is 0 Å². The van der Waals surface area contributed by atoms with Crippen molar-refractivity contribution >= 4 is 21.7 Å². The van der Waals surface area contributed by atoms with E-state index in [0.717, 1.165) is 32.1 Å². The highest BCUT2D eigenvalue weighted by molar-refractivity contribution is 7.91. The summed E-state index contributed by atoms with van der Waals surface area (Å²) in [6.07, 6.45) is 8.92. The zero-order valence-electron chi connectivity index (χ0n) is 15.8. The highest BCUT2D eigenvalue weighted by Gasteiger charge is 2.55. The van der Waals surface area contributed by atoms with Gasteiger partial charge in [0.05, 0.1) is 16.9 Å². The Bertz CT molecular complexity index is 721. The molecule has 5 saturated carbocycles. The van der Waals surface area contributed by atoms with Crippen LogP contribution in [0.2, 0.25) is 0 Å². The van der Waals surface area contributed by atoms with Crippen molar-refractivity contribution in [2.75, 3.05) is 18.1 Å². The molecule has 6 nitrogen and oxygen atoms in total. The molecule has 1 saturated heterocycles. The van der Waals surface area contributed by atoms with Crippen molar-refractivity contribution in [3.8, 4) is 0 Å². The second kappa shape index (κ2) is 6.19. The van der Waals surface area contributed by atoms with Gasteiger partial charge < -0.3 is 9.64 Å². The molecule has 0 radical (unpaired) electrons. The van der Waals surface area contributed by atoms with Crippen LogP contribution in [0.4, 0.5) is 0 Å². The lowest BCUT2D eigenvalue weighted by molar-refractivity contribution is -0.175. The maximum atomic E-state index is 12.9. The summed E-state index contributed by atoms with van der Waals surface area (Å²) in [6, 6.07) is -0.109. The first-order valence-corrected chi connectivity index (χ1v) is 12.3.